The zero-order valence-electron chi connectivity index (χ0n) is 9.08. The molecule has 0 bridgehead atoms. The minimum absolute atomic E-state index is 0.00181. The summed E-state index contributed by atoms with van der Waals surface area (Å²) >= 11 is 7.77. The number of ketones is 1. The third-order valence-electron chi connectivity index (χ3n) is 2.41. The molecule has 0 N–H and O–H groups in total. The molecule has 2 rings (SSSR count). The van der Waals surface area contributed by atoms with E-state index in [0.717, 1.165) is 11.1 Å². The first-order chi connectivity index (χ1) is 7.58. The van der Waals surface area contributed by atoms with Crippen molar-refractivity contribution >= 4 is 28.7 Å². The maximum Gasteiger partial charge on any atom is 0.161 e. The lowest BCUT2D eigenvalue weighted by molar-refractivity contribution is 0.101. The normalized spacial score (nSPS) is 10.4. The van der Waals surface area contributed by atoms with E-state index in [0.29, 0.717) is 10.6 Å². The van der Waals surface area contributed by atoms with Crippen LogP contribution in [0.4, 0.5) is 0 Å². The first-order valence-electron chi connectivity index (χ1n) is 4.94. The van der Waals surface area contributed by atoms with E-state index in [1.165, 1.54) is 11.8 Å². The number of carbonyl (C=O) groups is 1. The van der Waals surface area contributed by atoms with Crippen LogP contribution >= 0.6 is 22.9 Å². The molecule has 0 amide bonds. The Hall–Kier alpha value is -1.12. The van der Waals surface area contributed by atoms with Gasteiger partial charge >= 0.3 is 0 Å². The minimum atomic E-state index is -0.00181. The van der Waals surface area contributed by atoms with Crippen molar-refractivity contribution in [3.63, 3.8) is 0 Å². The smallest absolute Gasteiger partial charge is 0.161 e. The second-order valence-corrected chi connectivity index (χ2v) is 5.22. The largest absolute Gasteiger partial charge is 0.294 e. The van der Waals surface area contributed by atoms with Gasteiger partial charge < -0.3 is 0 Å². The van der Waals surface area contributed by atoms with Gasteiger partial charge in [-0.2, -0.15) is 0 Å². The Kier molecular flexibility index (Phi) is 3.13. The van der Waals surface area contributed by atoms with Crippen LogP contribution < -0.4 is 0 Å². The molecular formula is C13H11ClOS. The molecule has 0 saturated heterocycles. The van der Waals surface area contributed by atoms with E-state index in [4.69, 9.17) is 11.6 Å². The summed E-state index contributed by atoms with van der Waals surface area (Å²) in [5.41, 5.74) is 2.79. The van der Waals surface area contributed by atoms with Crippen molar-refractivity contribution in [1.29, 1.82) is 0 Å². The lowest BCUT2D eigenvalue weighted by Crippen LogP contribution is -1.92. The van der Waals surface area contributed by atoms with Gasteiger partial charge in [-0.15, -0.1) is 11.3 Å². The molecule has 1 heterocycles. The van der Waals surface area contributed by atoms with Crippen LogP contribution in [-0.2, 0) is 0 Å². The molecule has 0 aliphatic heterocycles. The quantitative estimate of drug-likeness (QED) is 0.713. The lowest BCUT2D eigenvalue weighted by atomic mass is 10.0. The van der Waals surface area contributed by atoms with Crippen LogP contribution in [0.2, 0.25) is 5.02 Å². The molecule has 0 aliphatic rings. The van der Waals surface area contributed by atoms with Crippen molar-refractivity contribution in [3.8, 4) is 11.1 Å². The summed E-state index contributed by atoms with van der Waals surface area (Å²) in [5.74, 6) is -0.00181. The molecule has 2 aromatic rings. The monoisotopic (exact) mass is 250 g/mol. The van der Waals surface area contributed by atoms with E-state index in [-0.39, 0.29) is 5.78 Å². The predicted octanol–water partition coefficient (Wildman–Crippen LogP) is 4.58. The fourth-order valence-corrected chi connectivity index (χ4v) is 2.60. The third-order valence-corrected chi connectivity index (χ3v) is 3.59. The number of rotatable bonds is 2. The molecule has 0 aliphatic carbocycles. The van der Waals surface area contributed by atoms with Gasteiger partial charge in [-0.25, -0.2) is 0 Å². The first kappa shape index (κ1) is 11.4. The standard InChI is InChI=1S/C13H11ClOS/c1-8-5-11(7-16-8)10-3-4-12(9(2)15)13(14)6-10/h3-7H,1-2H3. The summed E-state index contributed by atoms with van der Waals surface area (Å²) < 4.78 is 0. The van der Waals surface area contributed by atoms with Crippen LogP contribution in [-0.4, -0.2) is 5.78 Å². The van der Waals surface area contributed by atoms with Crippen molar-refractivity contribution in [3.05, 3.63) is 45.1 Å². The van der Waals surface area contributed by atoms with Crippen LogP contribution in [0.1, 0.15) is 22.2 Å². The molecule has 1 aromatic carbocycles. The van der Waals surface area contributed by atoms with Crippen LogP contribution in [0.25, 0.3) is 11.1 Å². The van der Waals surface area contributed by atoms with Crippen LogP contribution in [0, 0.1) is 6.92 Å². The van der Waals surface area contributed by atoms with Crippen molar-refractivity contribution in [1.82, 2.24) is 0 Å². The van der Waals surface area contributed by atoms with Crippen molar-refractivity contribution in [2.45, 2.75) is 13.8 Å². The van der Waals surface area contributed by atoms with Gasteiger partial charge in [0.1, 0.15) is 0 Å². The molecule has 1 nitrogen and oxygen atoms in total. The summed E-state index contributed by atoms with van der Waals surface area (Å²) in [6.45, 7) is 3.59. The topological polar surface area (TPSA) is 17.1 Å². The Bertz CT molecular complexity index is 543. The van der Waals surface area contributed by atoms with E-state index in [9.17, 15) is 4.79 Å². The highest BCUT2D eigenvalue weighted by Gasteiger charge is 2.07. The number of aryl methyl sites for hydroxylation is 1. The van der Waals surface area contributed by atoms with Gasteiger partial charge in [0.05, 0.1) is 5.02 Å². The Morgan fingerprint density at radius 3 is 2.50 bits per heavy atom. The molecular weight excluding hydrogens is 240 g/mol. The molecule has 1 aromatic heterocycles. The van der Waals surface area contributed by atoms with E-state index >= 15 is 0 Å². The number of Topliss-reactive ketones (excluding diaryl/α,β-unsaturated/α-hetero) is 1. The average molecular weight is 251 g/mol. The molecule has 82 valence electrons. The molecule has 16 heavy (non-hydrogen) atoms. The summed E-state index contributed by atoms with van der Waals surface area (Å²) in [6, 6.07) is 7.68. The van der Waals surface area contributed by atoms with E-state index in [1.54, 1.807) is 17.4 Å². The zero-order chi connectivity index (χ0) is 11.7. The van der Waals surface area contributed by atoms with Gasteiger partial charge in [0.15, 0.2) is 5.78 Å². The Morgan fingerprint density at radius 2 is 2.00 bits per heavy atom. The highest BCUT2D eigenvalue weighted by molar-refractivity contribution is 7.10. The predicted molar refractivity (Wildman–Crippen MR) is 69.5 cm³/mol. The number of halogens is 1. The van der Waals surface area contributed by atoms with Crippen LogP contribution in [0.5, 0.6) is 0 Å². The van der Waals surface area contributed by atoms with E-state index in [2.05, 4.69) is 18.4 Å². The summed E-state index contributed by atoms with van der Waals surface area (Å²) in [6.07, 6.45) is 0. The zero-order valence-corrected chi connectivity index (χ0v) is 10.7. The van der Waals surface area contributed by atoms with Gasteiger partial charge in [0.2, 0.25) is 0 Å². The summed E-state index contributed by atoms with van der Waals surface area (Å²) in [4.78, 5) is 12.5. The second-order valence-electron chi connectivity index (χ2n) is 3.70. The molecule has 0 radical (unpaired) electrons. The lowest BCUT2D eigenvalue weighted by Gasteiger charge is -2.03. The molecule has 0 unspecified atom stereocenters. The average Bonchev–Trinajstić information content (AvgIpc) is 2.64. The second kappa shape index (κ2) is 4.40. The number of carbonyl (C=O) groups excluding carboxylic acids is 1. The molecule has 3 heteroatoms. The fourth-order valence-electron chi connectivity index (χ4n) is 1.58. The van der Waals surface area contributed by atoms with Gasteiger partial charge in [0, 0.05) is 10.4 Å². The first-order valence-corrected chi connectivity index (χ1v) is 6.19. The van der Waals surface area contributed by atoms with Gasteiger partial charge in [0.25, 0.3) is 0 Å². The van der Waals surface area contributed by atoms with Gasteiger partial charge in [-0.1, -0.05) is 17.7 Å². The third kappa shape index (κ3) is 2.18. The molecule has 0 spiro atoms. The SMILES string of the molecule is CC(=O)c1ccc(-c2csc(C)c2)cc1Cl. The Balaban J connectivity index is 2.45. The van der Waals surface area contributed by atoms with Gasteiger partial charge in [-0.3, -0.25) is 4.79 Å². The van der Waals surface area contributed by atoms with Gasteiger partial charge in [-0.05, 0) is 48.6 Å². The number of benzene rings is 1. The number of hydrogen-bond donors (Lipinski definition) is 0. The Morgan fingerprint density at radius 1 is 1.25 bits per heavy atom. The summed E-state index contributed by atoms with van der Waals surface area (Å²) in [5, 5.41) is 2.61. The maximum absolute atomic E-state index is 11.2. The minimum Gasteiger partial charge on any atom is -0.294 e. The maximum atomic E-state index is 11.2. The number of hydrogen-bond acceptors (Lipinski definition) is 2. The summed E-state index contributed by atoms with van der Waals surface area (Å²) in [7, 11) is 0. The van der Waals surface area contributed by atoms with Crippen molar-refractivity contribution < 1.29 is 4.79 Å². The van der Waals surface area contributed by atoms with E-state index < -0.39 is 0 Å². The van der Waals surface area contributed by atoms with Crippen molar-refractivity contribution in [2.75, 3.05) is 0 Å². The fraction of sp³-hybridized carbons (Fsp3) is 0.154. The number of thiophene rings is 1. The molecule has 0 atom stereocenters. The Labute approximate surface area is 104 Å². The van der Waals surface area contributed by atoms with E-state index in [1.807, 2.05) is 12.1 Å². The highest BCUT2D eigenvalue weighted by Crippen LogP contribution is 2.29. The molecule has 0 saturated carbocycles. The van der Waals surface area contributed by atoms with Crippen LogP contribution in [0.3, 0.4) is 0 Å². The highest BCUT2D eigenvalue weighted by atomic mass is 35.5. The van der Waals surface area contributed by atoms with Crippen molar-refractivity contribution in [2.24, 2.45) is 0 Å². The van der Waals surface area contributed by atoms with Crippen LogP contribution in [0.15, 0.2) is 29.6 Å². The molecule has 0 fully saturated rings.